The molecule has 1 amide bonds. The van der Waals surface area contributed by atoms with Crippen molar-refractivity contribution in [1.82, 2.24) is 10.1 Å². The summed E-state index contributed by atoms with van der Waals surface area (Å²) < 4.78 is 15.0. The van der Waals surface area contributed by atoms with Gasteiger partial charge in [0.1, 0.15) is 11.3 Å². The van der Waals surface area contributed by atoms with Gasteiger partial charge in [0, 0.05) is 25.8 Å². The lowest BCUT2D eigenvalue weighted by Gasteiger charge is -2.21. The van der Waals surface area contributed by atoms with Gasteiger partial charge < -0.3 is 18.6 Å². The van der Waals surface area contributed by atoms with Crippen LogP contribution >= 0.6 is 0 Å². The third-order valence-corrected chi connectivity index (χ3v) is 2.79. The van der Waals surface area contributed by atoms with Crippen molar-refractivity contribution in [2.45, 2.75) is 13.5 Å². The number of furan rings is 1. The van der Waals surface area contributed by atoms with E-state index in [0.717, 1.165) is 5.56 Å². The molecule has 0 saturated heterocycles. The SMILES string of the molecule is COCCN(Cc1ccoc1)C(=O)c1cnoc1C. The molecule has 6 nitrogen and oxygen atoms in total. The molecule has 0 aliphatic heterocycles. The molecule has 0 aromatic carbocycles. The molecular formula is C13H16N2O4. The second-order valence-corrected chi connectivity index (χ2v) is 4.15. The number of aromatic nitrogens is 1. The lowest BCUT2D eigenvalue weighted by molar-refractivity contribution is 0.0678. The first kappa shape index (κ1) is 13.4. The van der Waals surface area contributed by atoms with Crippen LogP contribution in [0.4, 0.5) is 0 Å². The largest absolute Gasteiger partial charge is 0.472 e. The number of hydrogen-bond donors (Lipinski definition) is 0. The van der Waals surface area contributed by atoms with E-state index < -0.39 is 0 Å². The van der Waals surface area contributed by atoms with Gasteiger partial charge in [0.2, 0.25) is 0 Å². The summed E-state index contributed by atoms with van der Waals surface area (Å²) in [5.74, 6) is 0.386. The van der Waals surface area contributed by atoms with E-state index in [2.05, 4.69) is 5.16 Å². The van der Waals surface area contributed by atoms with Crippen molar-refractivity contribution in [3.63, 3.8) is 0 Å². The summed E-state index contributed by atoms with van der Waals surface area (Å²) in [6.45, 7) is 3.13. The number of ether oxygens (including phenoxy) is 1. The first-order chi connectivity index (χ1) is 9.22. The molecule has 0 unspecified atom stereocenters. The smallest absolute Gasteiger partial charge is 0.259 e. The third kappa shape index (κ3) is 3.23. The Bertz CT molecular complexity index is 518. The molecule has 0 aliphatic carbocycles. The van der Waals surface area contributed by atoms with Gasteiger partial charge in [-0.2, -0.15) is 0 Å². The summed E-state index contributed by atoms with van der Waals surface area (Å²) in [5.41, 5.74) is 1.40. The molecule has 0 spiro atoms. The van der Waals surface area contributed by atoms with Crippen LogP contribution in [0.5, 0.6) is 0 Å². The van der Waals surface area contributed by atoms with Crippen molar-refractivity contribution in [3.05, 3.63) is 41.7 Å². The van der Waals surface area contributed by atoms with E-state index in [4.69, 9.17) is 13.7 Å². The molecule has 0 fully saturated rings. The second-order valence-electron chi connectivity index (χ2n) is 4.15. The minimum atomic E-state index is -0.128. The fourth-order valence-corrected chi connectivity index (χ4v) is 1.73. The summed E-state index contributed by atoms with van der Waals surface area (Å²) in [5, 5.41) is 3.63. The molecule has 0 atom stereocenters. The Morgan fingerprint density at radius 1 is 1.53 bits per heavy atom. The maximum absolute atomic E-state index is 12.4. The minimum Gasteiger partial charge on any atom is -0.472 e. The molecule has 0 bridgehead atoms. The van der Waals surface area contributed by atoms with E-state index in [1.165, 1.54) is 6.20 Å². The van der Waals surface area contributed by atoms with Gasteiger partial charge in [0.25, 0.3) is 5.91 Å². The zero-order valence-corrected chi connectivity index (χ0v) is 11.0. The van der Waals surface area contributed by atoms with Crippen LogP contribution in [-0.2, 0) is 11.3 Å². The Kier molecular flexibility index (Phi) is 4.35. The molecule has 2 aromatic rings. The predicted octanol–water partition coefficient (Wildman–Crippen LogP) is 1.86. The molecule has 19 heavy (non-hydrogen) atoms. The maximum Gasteiger partial charge on any atom is 0.259 e. The number of nitrogens with zero attached hydrogens (tertiary/aromatic N) is 2. The van der Waals surface area contributed by atoms with Crippen LogP contribution in [0, 0.1) is 6.92 Å². The molecule has 0 saturated carbocycles. The summed E-state index contributed by atoms with van der Waals surface area (Å²) in [6.07, 6.45) is 4.64. The van der Waals surface area contributed by atoms with Gasteiger partial charge >= 0.3 is 0 Å². The van der Waals surface area contributed by atoms with Crippen molar-refractivity contribution < 1.29 is 18.5 Å². The Labute approximate surface area is 110 Å². The van der Waals surface area contributed by atoms with Gasteiger partial charge in [0.05, 0.1) is 25.3 Å². The standard InChI is InChI=1S/C13H16N2O4/c1-10-12(7-14-19-10)13(16)15(4-6-17-2)8-11-3-5-18-9-11/h3,5,7,9H,4,6,8H2,1-2H3. The molecule has 2 aromatic heterocycles. The summed E-state index contributed by atoms with van der Waals surface area (Å²) in [6, 6.07) is 1.83. The lowest BCUT2D eigenvalue weighted by atomic mass is 10.2. The van der Waals surface area contributed by atoms with Crippen LogP contribution in [0.3, 0.4) is 0 Å². The first-order valence-electron chi connectivity index (χ1n) is 5.93. The van der Waals surface area contributed by atoms with E-state index in [0.29, 0.717) is 31.0 Å². The van der Waals surface area contributed by atoms with Gasteiger partial charge in [-0.1, -0.05) is 5.16 Å². The van der Waals surface area contributed by atoms with Crippen LogP contribution in [0.1, 0.15) is 21.7 Å². The zero-order chi connectivity index (χ0) is 13.7. The van der Waals surface area contributed by atoms with Gasteiger partial charge in [-0.05, 0) is 13.0 Å². The van der Waals surface area contributed by atoms with Crippen LogP contribution in [0.2, 0.25) is 0 Å². The number of amides is 1. The van der Waals surface area contributed by atoms with Crippen molar-refractivity contribution in [3.8, 4) is 0 Å². The Morgan fingerprint density at radius 3 is 2.95 bits per heavy atom. The van der Waals surface area contributed by atoms with Gasteiger partial charge in [-0.3, -0.25) is 4.79 Å². The zero-order valence-electron chi connectivity index (χ0n) is 11.0. The first-order valence-corrected chi connectivity index (χ1v) is 5.93. The summed E-state index contributed by atoms with van der Waals surface area (Å²) in [4.78, 5) is 14.1. The van der Waals surface area contributed by atoms with Gasteiger partial charge in [-0.15, -0.1) is 0 Å². The summed E-state index contributed by atoms with van der Waals surface area (Å²) in [7, 11) is 1.60. The maximum atomic E-state index is 12.4. The van der Waals surface area contributed by atoms with E-state index in [1.807, 2.05) is 6.07 Å². The van der Waals surface area contributed by atoms with Crippen LogP contribution in [-0.4, -0.2) is 36.2 Å². The molecule has 102 valence electrons. The van der Waals surface area contributed by atoms with E-state index in [-0.39, 0.29) is 5.91 Å². The highest BCUT2D eigenvalue weighted by Gasteiger charge is 2.20. The topological polar surface area (TPSA) is 68.7 Å². The number of carbonyl (C=O) groups is 1. The normalized spacial score (nSPS) is 10.6. The highest BCUT2D eigenvalue weighted by atomic mass is 16.5. The Hall–Kier alpha value is -2.08. The molecule has 6 heteroatoms. The van der Waals surface area contributed by atoms with Crippen LogP contribution < -0.4 is 0 Å². The van der Waals surface area contributed by atoms with E-state index in [9.17, 15) is 4.79 Å². The Balaban J connectivity index is 2.12. The molecule has 2 heterocycles. The molecular weight excluding hydrogens is 248 g/mol. The van der Waals surface area contributed by atoms with Crippen LogP contribution in [0.15, 0.2) is 33.7 Å². The van der Waals surface area contributed by atoms with Crippen molar-refractivity contribution in [1.29, 1.82) is 0 Å². The summed E-state index contributed by atoms with van der Waals surface area (Å²) >= 11 is 0. The van der Waals surface area contributed by atoms with Crippen molar-refractivity contribution in [2.75, 3.05) is 20.3 Å². The number of aryl methyl sites for hydroxylation is 1. The lowest BCUT2D eigenvalue weighted by Crippen LogP contribution is -2.33. The third-order valence-electron chi connectivity index (χ3n) is 2.79. The Morgan fingerprint density at radius 2 is 2.37 bits per heavy atom. The number of methoxy groups -OCH3 is 1. The fraction of sp³-hybridized carbons (Fsp3) is 0.385. The van der Waals surface area contributed by atoms with Crippen molar-refractivity contribution >= 4 is 5.91 Å². The number of hydrogen-bond acceptors (Lipinski definition) is 5. The second kappa shape index (κ2) is 6.19. The quantitative estimate of drug-likeness (QED) is 0.796. The minimum absolute atomic E-state index is 0.128. The average molecular weight is 264 g/mol. The molecule has 2 rings (SSSR count). The van der Waals surface area contributed by atoms with Crippen molar-refractivity contribution in [2.24, 2.45) is 0 Å². The van der Waals surface area contributed by atoms with Gasteiger partial charge in [-0.25, -0.2) is 0 Å². The molecule has 0 N–H and O–H groups in total. The van der Waals surface area contributed by atoms with Crippen LogP contribution in [0.25, 0.3) is 0 Å². The number of rotatable bonds is 6. The predicted molar refractivity (Wildman–Crippen MR) is 66.6 cm³/mol. The van der Waals surface area contributed by atoms with E-state index in [1.54, 1.807) is 31.5 Å². The van der Waals surface area contributed by atoms with Gasteiger partial charge in [0.15, 0.2) is 0 Å². The number of carbonyl (C=O) groups excluding carboxylic acids is 1. The molecule has 0 radical (unpaired) electrons. The average Bonchev–Trinajstić information content (AvgIpc) is 3.05. The molecule has 0 aliphatic rings. The fourth-order valence-electron chi connectivity index (χ4n) is 1.73. The highest BCUT2D eigenvalue weighted by molar-refractivity contribution is 5.94. The highest BCUT2D eigenvalue weighted by Crippen LogP contribution is 2.13. The monoisotopic (exact) mass is 264 g/mol. The van der Waals surface area contributed by atoms with E-state index >= 15 is 0 Å².